The zero-order valence-corrected chi connectivity index (χ0v) is 11.2. The van der Waals surface area contributed by atoms with Crippen LogP contribution < -0.4 is 5.32 Å². The zero-order chi connectivity index (χ0) is 12.2. The summed E-state index contributed by atoms with van der Waals surface area (Å²) in [6, 6.07) is 0. The van der Waals surface area contributed by atoms with Gasteiger partial charge >= 0.3 is 0 Å². The van der Waals surface area contributed by atoms with Gasteiger partial charge in [0.1, 0.15) is 0 Å². The van der Waals surface area contributed by atoms with E-state index in [0.717, 1.165) is 24.3 Å². The van der Waals surface area contributed by atoms with Gasteiger partial charge in [-0.15, -0.1) is 0 Å². The number of aromatic amines is 1. The maximum Gasteiger partial charge on any atom is 0.0925 e. The Kier molecular flexibility index (Phi) is 2.35. The molecule has 0 amide bonds. The minimum absolute atomic E-state index is 0.458. The van der Waals surface area contributed by atoms with Crippen LogP contribution in [0, 0.1) is 24.7 Å². The van der Waals surface area contributed by atoms with Gasteiger partial charge in [0, 0.05) is 17.8 Å². The summed E-state index contributed by atoms with van der Waals surface area (Å²) in [4.78, 5) is 7.59. The summed E-state index contributed by atoms with van der Waals surface area (Å²) in [5, 5.41) is 3.89. The average molecular weight is 245 g/mol. The first-order chi connectivity index (χ1) is 8.72. The van der Waals surface area contributed by atoms with E-state index in [1.54, 1.807) is 0 Å². The van der Waals surface area contributed by atoms with Crippen molar-refractivity contribution < 1.29 is 0 Å². The van der Waals surface area contributed by atoms with E-state index in [0.29, 0.717) is 5.54 Å². The fourth-order valence-electron chi connectivity index (χ4n) is 5.16. The average Bonchev–Trinajstić information content (AvgIpc) is 2.70. The van der Waals surface area contributed by atoms with Crippen molar-refractivity contribution in [1.82, 2.24) is 15.3 Å². The molecule has 0 spiro atoms. The van der Waals surface area contributed by atoms with E-state index >= 15 is 0 Å². The van der Waals surface area contributed by atoms with Gasteiger partial charge in [0.25, 0.3) is 0 Å². The Labute approximate surface area is 109 Å². The van der Waals surface area contributed by atoms with Crippen molar-refractivity contribution in [1.29, 1.82) is 0 Å². The Hall–Kier alpha value is -0.830. The van der Waals surface area contributed by atoms with Gasteiger partial charge in [0.15, 0.2) is 0 Å². The van der Waals surface area contributed by atoms with E-state index in [9.17, 15) is 0 Å². The molecule has 0 unspecified atom stereocenters. The molecule has 1 aromatic heterocycles. The molecule has 4 bridgehead atoms. The molecule has 2 N–H and O–H groups in total. The maximum absolute atomic E-state index is 4.41. The van der Waals surface area contributed by atoms with Crippen molar-refractivity contribution in [2.45, 2.75) is 57.5 Å². The highest BCUT2D eigenvalue weighted by Gasteiger charge is 2.50. The number of hydrogen-bond acceptors (Lipinski definition) is 2. The molecule has 3 nitrogen and oxygen atoms in total. The highest BCUT2D eigenvalue weighted by Crippen LogP contribution is 2.55. The van der Waals surface area contributed by atoms with Crippen molar-refractivity contribution in [2.24, 2.45) is 17.8 Å². The first kappa shape index (κ1) is 11.0. The fraction of sp³-hybridized carbons (Fsp3) is 0.800. The number of rotatable bonds is 3. The van der Waals surface area contributed by atoms with Gasteiger partial charge in [-0.25, -0.2) is 4.98 Å². The second-order valence-electron chi connectivity index (χ2n) is 7.03. The molecule has 1 heterocycles. The Balaban J connectivity index is 1.49. The number of imidazole rings is 1. The minimum atomic E-state index is 0.458. The normalized spacial score (nSPS) is 41.5. The molecule has 18 heavy (non-hydrogen) atoms. The molecule has 0 atom stereocenters. The van der Waals surface area contributed by atoms with Crippen molar-refractivity contribution in [3.8, 4) is 0 Å². The van der Waals surface area contributed by atoms with Crippen LogP contribution in [-0.4, -0.2) is 15.5 Å². The Morgan fingerprint density at radius 2 is 1.83 bits per heavy atom. The standard InChI is InChI=1S/C15H23N3/c1-10-14(17-9-16-10)8-18-15-5-11-2-12(6-15)4-13(3-11)7-15/h9,11-13,18H,2-8H2,1H3,(H,16,17). The highest BCUT2D eigenvalue weighted by molar-refractivity contribution is 5.11. The molecule has 4 saturated carbocycles. The summed E-state index contributed by atoms with van der Waals surface area (Å²) in [6.07, 6.45) is 10.6. The Morgan fingerprint density at radius 1 is 1.22 bits per heavy atom. The Morgan fingerprint density at radius 3 is 2.33 bits per heavy atom. The summed E-state index contributed by atoms with van der Waals surface area (Å²) in [5.41, 5.74) is 2.87. The lowest BCUT2D eigenvalue weighted by Crippen LogP contribution is -2.58. The second-order valence-corrected chi connectivity index (χ2v) is 7.03. The van der Waals surface area contributed by atoms with Crippen LogP contribution in [0.3, 0.4) is 0 Å². The second kappa shape index (κ2) is 3.83. The van der Waals surface area contributed by atoms with E-state index in [-0.39, 0.29) is 0 Å². The summed E-state index contributed by atoms with van der Waals surface area (Å²) in [7, 11) is 0. The van der Waals surface area contributed by atoms with Crippen LogP contribution in [0.4, 0.5) is 0 Å². The van der Waals surface area contributed by atoms with Crippen LogP contribution >= 0.6 is 0 Å². The molecule has 0 radical (unpaired) electrons. The number of aromatic nitrogens is 2. The molecule has 0 saturated heterocycles. The smallest absolute Gasteiger partial charge is 0.0925 e. The predicted molar refractivity (Wildman–Crippen MR) is 71.1 cm³/mol. The SMILES string of the molecule is Cc1[nH]cnc1CNC12CC3CC(CC(C3)C1)C2. The maximum atomic E-state index is 4.41. The lowest BCUT2D eigenvalue weighted by Gasteiger charge is -2.57. The van der Waals surface area contributed by atoms with Crippen LogP contribution in [0.2, 0.25) is 0 Å². The van der Waals surface area contributed by atoms with E-state index in [4.69, 9.17) is 0 Å². The molecule has 3 heteroatoms. The first-order valence-corrected chi connectivity index (χ1v) is 7.46. The van der Waals surface area contributed by atoms with Gasteiger partial charge in [-0.3, -0.25) is 0 Å². The van der Waals surface area contributed by atoms with Gasteiger partial charge in [-0.2, -0.15) is 0 Å². The molecule has 98 valence electrons. The molecule has 0 aromatic carbocycles. The number of nitrogens with zero attached hydrogens (tertiary/aromatic N) is 1. The molecule has 5 rings (SSSR count). The third kappa shape index (κ3) is 1.71. The van der Waals surface area contributed by atoms with Crippen LogP contribution in [0.1, 0.15) is 49.9 Å². The van der Waals surface area contributed by atoms with Crippen molar-refractivity contribution in [3.63, 3.8) is 0 Å². The van der Waals surface area contributed by atoms with E-state index in [2.05, 4.69) is 22.2 Å². The van der Waals surface area contributed by atoms with Crippen LogP contribution in [-0.2, 0) is 6.54 Å². The largest absolute Gasteiger partial charge is 0.348 e. The number of aryl methyl sites for hydroxylation is 1. The number of H-pyrrole nitrogens is 1. The van der Waals surface area contributed by atoms with Crippen molar-refractivity contribution in [3.05, 3.63) is 17.7 Å². The highest BCUT2D eigenvalue weighted by atomic mass is 15.0. The third-order valence-corrected chi connectivity index (χ3v) is 5.60. The van der Waals surface area contributed by atoms with Gasteiger partial charge in [0.2, 0.25) is 0 Å². The zero-order valence-electron chi connectivity index (χ0n) is 11.2. The summed E-state index contributed by atoms with van der Waals surface area (Å²) in [5.74, 6) is 3.05. The molecule has 4 aliphatic carbocycles. The summed E-state index contributed by atoms with van der Waals surface area (Å²) >= 11 is 0. The van der Waals surface area contributed by atoms with Crippen molar-refractivity contribution in [2.75, 3.05) is 0 Å². The fourth-order valence-corrected chi connectivity index (χ4v) is 5.16. The van der Waals surface area contributed by atoms with Crippen LogP contribution in [0.25, 0.3) is 0 Å². The number of hydrogen-bond donors (Lipinski definition) is 2. The van der Waals surface area contributed by atoms with Crippen LogP contribution in [0.15, 0.2) is 6.33 Å². The minimum Gasteiger partial charge on any atom is -0.348 e. The summed E-state index contributed by atoms with van der Waals surface area (Å²) < 4.78 is 0. The molecule has 1 aromatic rings. The molecule has 0 aliphatic heterocycles. The first-order valence-electron chi connectivity index (χ1n) is 7.46. The van der Waals surface area contributed by atoms with E-state index in [1.165, 1.54) is 49.9 Å². The van der Waals surface area contributed by atoms with E-state index < -0.39 is 0 Å². The summed E-state index contributed by atoms with van der Waals surface area (Å²) in [6.45, 7) is 3.06. The predicted octanol–water partition coefficient (Wildman–Crippen LogP) is 2.78. The van der Waals surface area contributed by atoms with Gasteiger partial charge in [-0.05, 0) is 63.2 Å². The van der Waals surface area contributed by atoms with Crippen LogP contribution in [0.5, 0.6) is 0 Å². The quantitative estimate of drug-likeness (QED) is 0.859. The lowest BCUT2D eigenvalue weighted by atomic mass is 9.53. The molecular formula is C15H23N3. The number of nitrogens with one attached hydrogen (secondary N) is 2. The molecular weight excluding hydrogens is 222 g/mol. The van der Waals surface area contributed by atoms with Gasteiger partial charge < -0.3 is 10.3 Å². The third-order valence-electron chi connectivity index (χ3n) is 5.60. The molecule has 4 fully saturated rings. The van der Waals surface area contributed by atoms with Gasteiger partial charge in [-0.1, -0.05) is 0 Å². The lowest BCUT2D eigenvalue weighted by molar-refractivity contribution is -0.0207. The monoisotopic (exact) mass is 245 g/mol. The topological polar surface area (TPSA) is 40.7 Å². The van der Waals surface area contributed by atoms with E-state index in [1.807, 2.05) is 6.33 Å². The van der Waals surface area contributed by atoms with Crippen molar-refractivity contribution >= 4 is 0 Å². The molecule has 4 aliphatic rings. The van der Waals surface area contributed by atoms with Gasteiger partial charge in [0.05, 0.1) is 12.0 Å². The Bertz CT molecular complexity index is 413.